The van der Waals surface area contributed by atoms with Gasteiger partial charge in [-0.1, -0.05) is 27.5 Å². The molecule has 0 saturated carbocycles. The standard InChI is InChI=1S/C7H2BrCl2F3O2S/c8-3-1-4(7(11,12)13)6(5(9)2-3)16(10,14)15/h1-2H. The first-order valence-electron chi connectivity index (χ1n) is 3.54. The molecular weight excluding hydrogens is 356 g/mol. The Morgan fingerprint density at radius 1 is 1.25 bits per heavy atom. The Morgan fingerprint density at radius 3 is 2.12 bits per heavy atom. The van der Waals surface area contributed by atoms with Crippen molar-refractivity contribution < 1.29 is 21.6 Å². The van der Waals surface area contributed by atoms with Crippen LogP contribution in [0.5, 0.6) is 0 Å². The second kappa shape index (κ2) is 4.36. The van der Waals surface area contributed by atoms with E-state index >= 15 is 0 Å². The molecule has 1 aromatic rings. The van der Waals surface area contributed by atoms with Crippen LogP contribution in [0.15, 0.2) is 21.5 Å². The summed E-state index contributed by atoms with van der Waals surface area (Å²) in [7, 11) is 0.335. The van der Waals surface area contributed by atoms with Crippen LogP contribution in [0.2, 0.25) is 5.02 Å². The van der Waals surface area contributed by atoms with Crippen molar-refractivity contribution in [3.05, 3.63) is 27.2 Å². The van der Waals surface area contributed by atoms with Crippen molar-refractivity contribution in [1.82, 2.24) is 0 Å². The third-order valence-corrected chi connectivity index (χ3v) is 3.82. The Kier molecular flexibility index (Phi) is 3.84. The highest BCUT2D eigenvalue weighted by molar-refractivity contribution is 9.10. The summed E-state index contributed by atoms with van der Waals surface area (Å²) in [4.78, 5) is -1.13. The first-order valence-corrected chi connectivity index (χ1v) is 7.02. The lowest BCUT2D eigenvalue weighted by atomic mass is 10.2. The summed E-state index contributed by atoms with van der Waals surface area (Å²) in [6.07, 6.45) is -4.86. The van der Waals surface area contributed by atoms with E-state index in [0.717, 1.165) is 6.07 Å². The Balaban J connectivity index is 3.72. The molecule has 0 atom stereocenters. The lowest BCUT2D eigenvalue weighted by Gasteiger charge is -2.12. The second-order valence-corrected chi connectivity index (χ2v) is 6.53. The molecule has 0 bridgehead atoms. The summed E-state index contributed by atoms with van der Waals surface area (Å²) < 4.78 is 59.6. The number of alkyl halides is 3. The molecular formula is C7H2BrCl2F3O2S. The number of hydrogen-bond acceptors (Lipinski definition) is 2. The summed E-state index contributed by atoms with van der Waals surface area (Å²) in [6.45, 7) is 0. The van der Waals surface area contributed by atoms with E-state index < -0.39 is 30.7 Å². The van der Waals surface area contributed by atoms with Crippen molar-refractivity contribution in [3.8, 4) is 0 Å². The zero-order chi connectivity index (χ0) is 12.7. The van der Waals surface area contributed by atoms with E-state index in [9.17, 15) is 21.6 Å². The summed E-state index contributed by atoms with van der Waals surface area (Å²) in [5.74, 6) is 0. The zero-order valence-electron chi connectivity index (χ0n) is 7.15. The fraction of sp³-hybridized carbons (Fsp3) is 0.143. The average Bonchev–Trinajstić information content (AvgIpc) is 1.97. The third-order valence-electron chi connectivity index (χ3n) is 1.56. The minimum atomic E-state index is -4.86. The predicted molar refractivity (Wildman–Crippen MR) is 57.2 cm³/mol. The molecule has 0 radical (unpaired) electrons. The Bertz CT molecular complexity index is 527. The Morgan fingerprint density at radius 2 is 1.75 bits per heavy atom. The van der Waals surface area contributed by atoms with Crippen LogP contribution < -0.4 is 0 Å². The van der Waals surface area contributed by atoms with Gasteiger partial charge in [-0.3, -0.25) is 0 Å². The SMILES string of the molecule is O=S(=O)(Cl)c1c(Cl)cc(Br)cc1C(F)(F)F. The fourth-order valence-electron chi connectivity index (χ4n) is 1.02. The van der Waals surface area contributed by atoms with Gasteiger partial charge >= 0.3 is 6.18 Å². The maximum Gasteiger partial charge on any atom is 0.417 e. The van der Waals surface area contributed by atoms with E-state index in [-0.39, 0.29) is 4.47 Å². The predicted octanol–water partition coefficient (Wildman–Crippen LogP) is 4.05. The topological polar surface area (TPSA) is 34.1 Å². The first-order chi connectivity index (χ1) is 7.03. The lowest BCUT2D eigenvalue weighted by molar-refractivity contribution is -0.139. The molecule has 9 heteroatoms. The van der Waals surface area contributed by atoms with Crippen LogP contribution in [-0.4, -0.2) is 8.42 Å². The lowest BCUT2D eigenvalue weighted by Crippen LogP contribution is -2.11. The van der Waals surface area contributed by atoms with Crippen LogP contribution in [0.3, 0.4) is 0 Å². The Hall–Kier alpha value is 0.0200. The highest BCUT2D eigenvalue weighted by Crippen LogP contribution is 2.40. The van der Waals surface area contributed by atoms with Crippen molar-refractivity contribution in [2.75, 3.05) is 0 Å². The molecule has 0 saturated heterocycles. The minimum Gasteiger partial charge on any atom is -0.207 e. The van der Waals surface area contributed by atoms with Gasteiger partial charge in [-0.2, -0.15) is 13.2 Å². The third kappa shape index (κ3) is 3.03. The van der Waals surface area contributed by atoms with Gasteiger partial charge in [-0.05, 0) is 12.1 Å². The van der Waals surface area contributed by atoms with Gasteiger partial charge in [0.2, 0.25) is 0 Å². The van der Waals surface area contributed by atoms with Gasteiger partial charge in [0.25, 0.3) is 9.05 Å². The van der Waals surface area contributed by atoms with Crippen molar-refractivity contribution in [1.29, 1.82) is 0 Å². The van der Waals surface area contributed by atoms with E-state index in [4.69, 9.17) is 22.3 Å². The maximum atomic E-state index is 12.5. The van der Waals surface area contributed by atoms with Crippen molar-refractivity contribution >= 4 is 47.3 Å². The number of hydrogen-bond donors (Lipinski definition) is 0. The number of benzene rings is 1. The fourth-order valence-corrected chi connectivity index (χ4v) is 3.48. The van der Waals surface area contributed by atoms with E-state index in [1.165, 1.54) is 0 Å². The van der Waals surface area contributed by atoms with Gasteiger partial charge in [-0.15, -0.1) is 0 Å². The van der Waals surface area contributed by atoms with Crippen molar-refractivity contribution in [3.63, 3.8) is 0 Å². The largest absolute Gasteiger partial charge is 0.417 e. The minimum absolute atomic E-state index is 0.00823. The molecule has 0 aliphatic heterocycles. The molecule has 2 nitrogen and oxygen atoms in total. The average molecular weight is 358 g/mol. The normalized spacial score (nSPS) is 12.9. The molecule has 0 fully saturated rings. The molecule has 1 rings (SSSR count). The van der Waals surface area contributed by atoms with Gasteiger partial charge in [-0.25, -0.2) is 8.42 Å². The van der Waals surface area contributed by atoms with Crippen LogP contribution in [0.25, 0.3) is 0 Å². The van der Waals surface area contributed by atoms with E-state index in [2.05, 4.69) is 15.9 Å². The molecule has 16 heavy (non-hydrogen) atoms. The van der Waals surface area contributed by atoms with Crippen LogP contribution >= 0.6 is 38.2 Å². The monoisotopic (exact) mass is 356 g/mol. The van der Waals surface area contributed by atoms with Crippen LogP contribution in [0.1, 0.15) is 5.56 Å². The summed E-state index contributed by atoms with van der Waals surface area (Å²) in [5.41, 5.74) is -1.40. The quantitative estimate of drug-likeness (QED) is 0.710. The Labute approximate surface area is 107 Å². The zero-order valence-corrected chi connectivity index (χ0v) is 11.1. The van der Waals surface area contributed by atoms with E-state index in [1.807, 2.05) is 0 Å². The molecule has 0 amide bonds. The smallest absolute Gasteiger partial charge is 0.207 e. The van der Waals surface area contributed by atoms with Gasteiger partial charge in [0.05, 0.1) is 10.6 Å². The maximum absolute atomic E-state index is 12.5. The summed E-state index contributed by atoms with van der Waals surface area (Å²) in [5, 5.41) is -0.586. The second-order valence-electron chi connectivity index (χ2n) is 2.70. The summed E-state index contributed by atoms with van der Waals surface area (Å²) in [6, 6.07) is 1.62. The van der Waals surface area contributed by atoms with E-state index in [1.54, 1.807) is 0 Å². The van der Waals surface area contributed by atoms with Gasteiger partial charge in [0, 0.05) is 15.2 Å². The van der Waals surface area contributed by atoms with Gasteiger partial charge in [0.15, 0.2) is 0 Å². The molecule has 0 heterocycles. The number of halogens is 6. The summed E-state index contributed by atoms with van der Waals surface area (Å²) >= 11 is 8.22. The van der Waals surface area contributed by atoms with E-state index in [0.29, 0.717) is 6.07 Å². The van der Waals surface area contributed by atoms with Crippen molar-refractivity contribution in [2.45, 2.75) is 11.1 Å². The molecule has 0 spiro atoms. The molecule has 0 aliphatic carbocycles. The molecule has 0 aliphatic rings. The molecule has 90 valence electrons. The number of rotatable bonds is 1. The molecule has 0 aromatic heterocycles. The van der Waals surface area contributed by atoms with Crippen LogP contribution in [-0.2, 0) is 15.2 Å². The highest BCUT2D eigenvalue weighted by Gasteiger charge is 2.38. The van der Waals surface area contributed by atoms with Gasteiger partial charge < -0.3 is 0 Å². The molecule has 0 N–H and O–H groups in total. The molecule has 1 aromatic carbocycles. The van der Waals surface area contributed by atoms with Crippen LogP contribution in [0, 0.1) is 0 Å². The highest BCUT2D eigenvalue weighted by atomic mass is 79.9. The molecule has 0 unspecified atom stereocenters. The van der Waals surface area contributed by atoms with Crippen LogP contribution in [0.4, 0.5) is 13.2 Å². The first kappa shape index (κ1) is 14.1. The van der Waals surface area contributed by atoms with Gasteiger partial charge in [0.1, 0.15) is 4.90 Å². The van der Waals surface area contributed by atoms with Crippen molar-refractivity contribution in [2.24, 2.45) is 0 Å².